The van der Waals surface area contributed by atoms with Gasteiger partial charge in [-0.1, -0.05) is 40.9 Å². The smallest absolute Gasteiger partial charge is 0.257 e. The number of likely N-dealkylation sites (N-methyl/N-ethyl adjacent to an activating group) is 1. The summed E-state index contributed by atoms with van der Waals surface area (Å²) >= 11 is 18.0. The third kappa shape index (κ3) is 4.38. The summed E-state index contributed by atoms with van der Waals surface area (Å²) in [7, 11) is 0. The molecule has 0 bridgehead atoms. The quantitative estimate of drug-likeness (QED) is 0.785. The fourth-order valence-electron chi connectivity index (χ4n) is 2.01. The van der Waals surface area contributed by atoms with Crippen molar-refractivity contribution >= 4 is 52.3 Å². The molecule has 1 N–H and O–H groups in total. The average molecular weight is 387 g/mol. The maximum atomic E-state index is 12.5. The number of hydrogen-bond acceptors (Lipinski definition) is 3. The summed E-state index contributed by atoms with van der Waals surface area (Å²) < 4.78 is 0. The normalized spacial score (nSPS) is 10.3. The number of nitrogens with zero attached hydrogens (tertiary/aromatic N) is 2. The number of rotatable bonds is 5. The van der Waals surface area contributed by atoms with Crippen molar-refractivity contribution in [3.63, 3.8) is 0 Å². The predicted molar refractivity (Wildman–Crippen MR) is 95.9 cm³/mol. The fraction of sp³-hybridized carbons (Fsp3) is 0.188. The minimum Gasteiger partial charge on any atom is -0.330 e. The van der Waals surface area contributed by atoms with Crippen LogP contribution in [0.5, 0.6) is 0 Å². The van der Waals surface area contributed by atoms with Crippen molar-refractivity contribution in [3.8, 4) is 0 Å². The largest absolute Gasteiger partial charge is 0.330 e. The molecule has 2 rings (SSSR count). The van der Waals surface area contributed by atoms with Gasteiger partial charge in [0, 0.05) is 12.7 Å². The number of aromatic nitrogens is 1. The molecule has 0 radical (unpaired) electrons. The predicted octanol–water partition coefficient (Wildman–Crippen LogP) is 4.14. The van der Waals surface area contributed by atoms with Crippen LogP contribution in [0.4, 0.5) is 5.69 Å². The Labute approximate surface area is 154 Å². The van der Waals surface area contributed by atoms with E-state index in [0.29, 0.717) is 22.3 Å². The summed E-state index contributed by atoms with van der Waals surface area (Å²) in [6.45, 7) is 1.92. The maximum absolute atomic E-state index is 12.5. The number of anilines is 1. The summed E-state index contributed by atoms with van der Waals surface area (Å²) in [4.78, 5) is 29.9. The van der Waals surface area contributed by atoms with Crippen molar-refractivity contribution in [2.24, 2.45) is 0 Å². The number of amides is 2. The van der Waals surface area contributed by atoms with Gasteiger partial charge >= 0.3 is 0 Å². The van der Waals surface area contributed by atoms with Crippen LogP contribution in [-0.2, 0) is 4.79 Å². The van der Waals surface area contributed by atoms with Gasteiger partial charge in [0.25, 0.3) is 5.91 Å². The van der Waals surface area contributed by atoms with Crippen LogP contribution in [0.1, 0.15) is 17.3 Å². The zero-order chi connectivity index (χ0) is 17.7. The molecule has 24 heavy (non-hydrogen) atoms. The first kappa shape index (κ1) is 18.5. The zero-order valence-electron chi connectivity index (χ0n) is 12.7. The summed E-state index contributed by atoms with van der Waals surface area (Å²) in [6.07, 6.45) is 1.49. The molecule has 0 fully saturated rings. The number of nitrogens with one attached hydrogen (secondary N) is 1. The van der Waals surface area contributed by atoms with E-state index in [1.165, 1.54) is 11.1 Å². The van der Waals surface area contributed by atoms with Crippen molar-refractivity contribution in [1.82, 2.24) is 9.88 Å². The average Bonchev–Trinajstić information content (AvgIpc) is 2.56. The van der Waals surface area contributed by atoms with Crippen LogP contribution >= 0.6 is 34.8 Å². The van der Waals surface area contributed by atoms with Crippen LogP contribution in [0, 0.1) is 0 Å². The van der Waals surface area contributed by atoms with Gasteiger partial charge in [0.05, 0.1) is 21.3 Å². The Bertz CT molecular complexity index is 748. The SMILES string of the molecule is CCN(CC(=O)Nc1c(Cl)cccc1Cl)C(=O)c1cccnc1Cl. The zero-order valence-corrected chi connectivity index (χ0v) is 15.0. The molecule has 0 saturated heterocycles. The second-order valence-electron chi connectivity index (χ2n) is 4.81. The van der Waals surface area contributed by atoms with E-state index in [4.69, 9.17) is 34.8 Å². The lowest BCUT2D eigenvalue weighted by atomic mass is 10.2. The molecular formula is C16H14Cl3N3O2. The number of halogens is 3. The van der Waals surface area contributed by atoms with E-state index in [-0.39, 0.29) is 23.2 Å². The lowest BCUT2D eigenvalue weighted by Crippen LogP contribution is -2.38. The molecule has 1 heterocycles. The number of benzene rings is 1. The Morgan fingerprint density at radius 1 is 1.12 bits per heavy atom. The van der Waals surface area contributed by atoms with Crippen LogP contribution in [0.2, 0.25) is 15.2 Å². The maximum Gasteiger partial charge on any atom is 0.257 e. The van der Waals surface area contributed by atoms with E-state index in [1.807, 2.05) is 0 Å². The molecule has 0 aliphatic heterocycles. The third-order valence-corrected chi connectivity index (χ3v) is 4.15. The van der Waals surface area contributed by atoms with Crippen molar-refractivity contribution in [3.05, 3.63) is 57.3 Å². The highest BCUT2D eigenvalue weighted by Crippen LogP contribution is 2.29. The number of carbonyl (C=O) groups excluding carboxylic acids is 2. The van der Waals surface area contributed by atoms with E-state index >= 15 is 0 Å². The molecule has 8 heteroatoms. The second-order valence-corrected chi connectivity index (χ2v) is 5.98. The summed E-state index contributed by atoms with van der Waals surface area (Å²) in [5.74, 6) is -0.795. The molecule has 0 aliphatic carbocycles. The molecule has 1 aromatic carbocycles. The fourth-order valence-corrected chi connectivity index (χ4v) is 2.70. The molecule has 0 unspecified atom stereocenters. The summed E-state index contributed by atoms with van der Waals surface area (Å²) in [5.41, 5.74) is 0.554. The second kappa shape index (κ2) is 8.33. The Morgan fingerprint density at radius 3 is 2.38 bits per heavy atom. The molecule has 0 aliphatic rings. The van der Waals surface area contributed by atoms with E-state index in [9.17, 15) is 9.59 Å². The van der Waals surface area contributed by atoms with Gasteiger partial charge in [-0.25, -0.2) is 4.98 Å². The molecule has 2 aromatic rings. The topological polar surface area (TPSA) is 62.3 Å². The highest BCUT2D eigenvalue weighted by Gasteiger charge is 2.20. The van der Waals surface area contributed by atoms with E-state index in [2.05, 4.69) is 10.3 Å². The first-order valence-electron chi connectivity index (χ1n) is 7.07. The van der Waals surface area contributed by atoms with Gasteiger partial charge in [0.1, 0.15) is 11.7 Å². The molecular weight excluding hydrogens is 373 g/mol. The van der Waals surface area contributed by atoms with Crippen molar-refractivity contribution in [1.29, 1.82) is 0 Å². The van der Waals surface area contributed by atoms with Gasteiger partial charge in [-0.2, -0.15) is 0 Å². The van der Waals surface area contributed by atoms with E-state index < -0.39 is 5.91 Å². The summed E-state index contributed by atoms with van der Waals surface area (Å²) in [5, 5.41) is 3.35. The molecule has 0 saturated carbocycles. The number of hydrogen-bond donors (Lipinski definition) is 1. The van der Waals surface area contributed by atoms with E-state index in [0.717, 1.165) is 0 Å². The Kier molecular flexibility index (Phi) is 6.43. The Morgan fingerprint density at radius 2 is 1.79 bits per heavy atom. The van der Waals surface area contributed by atoms with Crippen molar-refractivity contribution < 1.29 is 9.59 Å². The third-order valence-electron chi connectivity index (χ3n) is 3.22. The first-order valence-corrected chi connectivity index (χ1v) is 8.21. The molecule has 126 valence electrons. The highest BCUT2D eigenvalue weighted by atomic mass is 35.5. The van der Waals surface area contributed by atoms with Crippen LogP contribution in [0.3, 0.4) is 0 Å². The number of pyridine rings is 1. The van der Waals surface area contributed by atoms with Gasteiger partial charge in [0.2, 0.25) is 5.91 Å². The van der Waals surface area contributed by atoms with Gasteiger partial charge in [-0.05, 0) is 31.2 Å². The lowest BCUT2D eigenvalue weighted by molar-refractivity contribution is -0.116. The van der Waals surface area contributed by atoms with Gasteiger partial charge in [0.15, 0.2) is 0 Å². The molecule has 0 atom stereocenters. The highest BCUT2D eigenvalue weighted by molar-refractivity contribution is 6.39. The van der Waals surface area contributed by atoms with Crippen molar-refractivity contribution in [2.45, 2.75) is 6.92 Å². The Hall–Kier alpha value is -1.82. The standard InChI is InChI=1S/C16H14Cl3N3O2/c1-2-22(16(24)10-5-4-8-20-15(10)19)9-13(23)21-14-11(17)6-3-7-12(14)18/h3-8H,2,9H2,1H3,(H,21,23). The number of carbonyl (C=O) groups is 2. The van der Waals surface area contributed by atoms with Crippen LogP contribution in [0.15, 0.2) is 36.5 Å². The lowest BCUT2D eigenvalue weighted by Gasteiger charge is -2.21. The van der Waals surface area contributed by atoms with Gasteiger partial charge < -0.3 is 10.2 Å². The van der Waals surface area contributed by atoms with Crippen LogP contribution in [-0.4, -0.2) is 34.8 Å². The Balaban J connectivity index is 2.11. The first-order chi connectivity index (χ1) is 11.4. The van der Waals surface area contributed by atoms with E-state index in [1.54, 1.807) is 37.3 Å². The molecule has 2 amide bonds. The van der Waals surface area contributed by atoms with Crippen LogP contribution < -0.4 is 5.32 Å². The summed E-state index contributed by atoms with van der Waals surface area (Å²) in [6, 6.07) is 8.06. The minimum atomic E-state index is -0.416. The van der Waals surface area contributed by atoms with Crippen LogP contribution in [0.25, 0.3) is 0 Å². The minimum absolute atomic E-state index is 0.0931. The molecule has 1 aromatic heterocycles. The monoisotopic (exact) mass is 385 g/mol. The van der Waals surface area contributed by atoms with Gasteiger partial charge in [-0.3, -0.25) is 9.59 Å². The molecule has 0 spiro atoms. The van der Waals surface area contributed by atoms with Gasteiger partial charge in [-0.15, -0.1) is 0 Å². The number of para-hydroxylation sites is 1. The molecule has 5 nitrogen and oxygen atoms in total. The van der Waals surface area contributed by atoms with Crippen molar-refractivity contribution in [2.75, 3.05) is 18.4 Å².